The molecular formula is C30H50O3. The molecule has 0 bridgehead atoms. The molecule has 3 heteroatoms. The Morgan fingerprint density at radius 1 is 1.03 bits per heavy atom. The van der Waals surface area contributed by atoms with Crippen molar-refractivity contribution < 1.29 is 15.0 Å². The minimum Gasteiger partial charge on any atom is -0.481 e. The molecular weight excluding hydrogens is 408 g/mol. The largest absolute Gasteiger partial charge is 0.481 e. The van der Waals surface area contributed by atoms with Crippen LogP contribution in [-0.2, 0) is 4.79 Å². The van der Waals surface area contributed by atoms with Gasteiger partial charge in [-0.25, -0.2) is 0 Å². The van der Waals surface area contributed by atoms with E-state index in [1.54, 1.807) is 0 Å². The molecule has 0 spiro atoms. The first-order chi connectivity index (χ1) is 15.3. The average Bonchev–Trinajstić information content (AvgIpc) is 3.05. The van der Waals surface area contributed by atoms with Crippen LogP contribution in [0.3, 0.4) is 0 Å². The molecule has 188 valence electrons. The third kappa shape index (κ3) is 3.49. The van der Waals surface area contributed by atoms with E-state index in [0.29, 0.717) is 23.7 Å². The highest BCUT2D eigenvalue weighted by molar-refractivity contribution is 5.81. The number of carbonyl (C=O) groups is 1. The van der Waals surface area contributed by atoms with Crippen molar-refractivity contribution in [1.82, 2.24) is 0 Å². The van der Waals surface area contributed by atoms with Crippen molar-refractivity contribution in [3.63, 3.8) is 0 Å². The summed E-state index contributed by atoms with van der Waals surface area (Å²) in [7, 11) is 0. The molecule has 0 aliphatic heterocycles. The first kappa shape index (κ1) is 25.3. The second-order valence-electron chi connectivity index (χ2n) is 14.0. The zero-order valence-electron chi connectivity index (χ0n) is 22.4. The Balaban J connectivity index is 1.69. The van der Waals surface area contributed by atoms with Crippen LogP contribution in [0.1, 0.15) is 113 Å². The molecule has 33 heavy (non-hydrogen) atoms. The Morgan fingerprint density at radius 3 is 2.36 bits per heavy atom. The quantitative estimate of drug-likeness (QED) is 0.406. The fourth-order valence-corrected chi connectivity index (χ4v) is 9.81. The minimum atomic E-state index is -0.693. The van der Waals surface area contributed by atoms with E-state index in [9.17, 15) is 15.0 Å². The van der Waals surface area contributed by atoms with Crippen LogP contribution in [0.4, 0.5) is 0 Å². The molecule has 2 N–H and O–H groups in total. The lowest BCUT2D eigenvalue weighted by molar-refractivity contribution is -0.165. The van der Waals surface area contributed by atoms with Crippen molar-refractivity contribution in [3.8, 4) is 0 Å². The lowest BCUT2D eigenvalue weighted by Crippen LogP contribution is -2.60. The maximum Gasteiger partial charge on any atom is 0.314 e. The SMILES string of the molecule is CC(C)CCC[C@@H](C)[C@H]1CC[C@@]2(C(=O)O)C3=CC[C@H]4C(C)(C)[C@@H](O)CC[C@]4(C)[C@H]3CC[C@]12C. The van der Waals surface area contributed by atoms with Gasteiger partial charge in [0.2, 0.25) is 0 Å². The summed E-state index contributed by atoms with van der Waals surface area (Å²) in [5.41, 5.74) is 0.422. The van der Waals surface area contributed by atoms with Crippen LogP contribution in [0.15, 0.2) is 11.6 Å². The fraction of sp³-hybridized carbons (Fsp3) is 0.900. The van der Waals surface area contributed by atoms with Crippen LogP contribution in [0, 0.1) is 51.2 Å². The molecule has 4 aliphatic rings. The van der Waals surface area contributed by atoms with Crippen molar-refractivity contribution >= 4 is 5.97 Å². The first-order valence-corrected chi connectivity index (χ1v) is 13.9. The van der Waals surface area contributed by atoms with E-state index >= 15 is 0 Å². The lowest BCUT2D eigenvalue weighted by atomic mass is 9.40. The summed E-state index contributed by atoms with van der Waals surface area (Å²) < 4.78 is 0. The first-order valence-electron chi connectivity index (χ1n) is 13.9. The summed E-state index contributed by atoms with van der Waals surface area (Å²) in [6.07, 6.45) is 12.7. The Morgan fingerprint density at radius 2 is 1.73 bits per heavy atom. The standard InChI is InChI=1S/C30H50O3/c1-19(2)9-8-10-20(3)21-14-18-30(26(32)33)23-11-12-24-27(4,5)25(31)15-16-28(24,6)22(23)13-17-29(21,30)7/h11,19-22,24-25,31H,8-10,12-18H2,1-7H3,(H,32,33)/t20-,21-,22+,24+,25+,28-,29-,30+/m1/s1. The number of rotatable bonds is 6. The monoisotopic (exact) mass is 458 g/mol. The number of carboxylic acids is 1. The highest BCUT2D eigenvalue weighted by atomic mass is 16.4. The van der Waals surface area contributed by atoms with E-state index in [0.717, 1.165) is 50.9 Å². The van der Waals surface area contributed by atoms with Gasteiger partial charge in [0, 0.05) is 0 Å². The summed E-state index contributed by atoms with van der Waals surface area (Å²) in [5, 5.41) is 21.7. The molecule has 3 nitrogen and oxygen atoms in total. The summed E-state index contributed by atoms with van der Waals surface area (Å²) in [5.74, 6) is 2.03. The molecule has 8 atom stereocenters. The number of hydrogen-bond acceptors (Lipinski definition) is 2. The van der Waals surface area contributed by atoms with Gasteiger partial charge in [-0.15, -0.1) is 0 Å². The van der Waals surface area contributed by atoms with Gasteiger partial charge in [0.15, 0.2) is 0 Å². The van der Waals surface area contributed by atoms with Crippen molar-refractivity contribution in [1.29, 1.82) is 0 Å². The molecule has 4 rings (SSSR count). The fourth-order valence-electron chi connectivity index (χ4n) is 9.81. The number of aliphatic carboxylic acids is 1. The summed E-state index contributed by atoms with van der Waals surface area (Å²) in [4.78, 5) is 13.3. The molecule has 0 amide bonds. The van der Waals surface area contributed by atoms with Crippen LogP contribution in [0.5, 0.6) is 0 Å². The summed E-state index contributed by atoms with van der Waals surface area (Å²) in [6.45, 7) is 16.3. The number of aliphatic hydroxyl groups is 1. The van der Waals surface area contributed by atoms with Crippen molar-refractivity contribution in [2.75, 3.05) is 0 Å². The van der Waals surface area contributed by atoms with Gasteiger partial charge >= 0.3 is 5.97 Å². The van der Waals surface area contributed by atoms with Gasteiger partial charge in [-0.05, 0) is 90.8 Å². The molecule has 0 radical (unpaired) electrons. The van der Waals surface area contributed by atoms with Gasteiger partial charge in [-0.1, -0.05) is 79.4 Å². The van der Waals surface area contributed by atoms with E-state index in [1.807, 2.05) is 0 Å². The zero-order valence-corrected chi connectivity index (χ0v) is 22.4. The second-order valence-corrected chi connectivity index (χ2v) is 14.0. The smallest absolute Gasteiger partial charge is 0.314 e. The predicted octanol–water partition coefficient (Wildman–Crippen LogP) is 7.48. The number of aliphatic hydroxyl groups excluding tert-OH is 1. The Hall–Kier alpha value is -0.830. The average molecular weight is 459 g/mol. The molecule has 0 aromatic carbocycles. The van der Waals surface area contributed by atoms with Crippen molar-refractivity contribution in [3.05, 3.63) is 11.6 Å². The maximum absolute atomic E-state index is 13.3. The van der Waals surface area contributed by atoms with Crippen LogP contribution < -0.4 is 0 Å². The lowest BCUT2D eigenvalue weighted by Gasteiger charge is -2.63. The number of allylic oxidation sites excluding steroid dienone is 1. The molecule has 4 aliphatic carbocycles. The van der Waals surface area contributed by atoms with Crippen molar-refractivity contribution in [2.24, 2.45) is 51.2 Å². The van der Waals surface area contributed by atoms with Gasteiger partial charge in [0.25, 0.3) is 0 Å². The van der Waals surface area contributed by atoms with E-state index in [1.165, 1.54) is 24.8 Å². The second kappa shape index (κ2) is 8.38. The molecule has 0 aromatic rings. The molecule has 0 saturated heterocycles. The van der Waals surface area contributed by atoms with Gasteiger partial charge in [-0.3, -0.25) is 4.79 Å². The summed E-state index contributed by atoms with van der Waals surface area (Å²) in [6, 6.07) is 0. The van der Waals surface area contributed by atoms with E-state index in [4.69, 9.17) is 0 Å². The molecule has 0 aromatic heterocycles. The normalized spacial score (nSPS) is 45.1. The van der Waals surface area contributed by atoms with Gasteiger partial charge < -0.3 is 10.2 Å². The minimum absolute atomic E-state index is 0.0948. The molecule has 3 saturated carbocycles. The predicted molar refractivity (Wildman–Crippen MR) is 135 cm³/mol. The Bertz CT molecular complexity index is 796. The van der Waals surface area contributed by atoms with Gasteiger partial charge in [0.1, 0.15) is 0 Å². The highest BCUT2D eigenvalue weighted by Crippen LogP contribution is 2.73. The van der Waals surface area contributed by atoms with Gasteiger partial charge in [-0.2, -0.15) is 0 Å². The molecule has 0 heterocycles. The number of carboxylic acid groups (broad SMARTS) is 1. The zero-order chi connectivity index (χ0) is 24.4. The third-order valence-corrected chi connectivity index (χ3v) is 11.8. The van der Waals surface area contributed by atoms with E-state index in [2.05, 4.69) is 54.5 Å². The Kier molecular flexibility index (Phi) is 6.42. The topological polar surface area (TPSA) is 57.5 Å². The van der Waals surface area contributed by atoms with E-state index in [-0.39, 0.29) is 22.3 Å². The maximum atomic E-state index is 13.3. The van der Waals surface area contributed by atoms with Crippen LogP contribution in [-0.4, -0.2) is 22.3 Å². The van der Waals surface area contributed by atoms with Crippen LogP contribution >= 0.6 is 0 Å². The Labute approximate surface area is 202 Å². The van der Waals surface area contributed by atoms with Gasteiger partial charge in [0.05, 0.1) is 11.5 Å². The molecule has 3 fully saturated rings. The summed E-state index contributed by atoms with van der Waals surface area (Å²) >= 11 is 0. The highest BCUT2D eigenvalue weighted by Gasteiger charge is 2.69. The number of fused-ring (bicyclic) bond motifs is 5. The van der Waals surface area contributed by atoms with Crippen LogP contribution in [0.2, 0.25) is 0 Å². The number of hydrogen-bond donors (Lipinski definition) is 2. The van der Waals surface area contributed by atoms with Crippen LogP contribution in [0.25, 0.3) is 0 Å². The molecule has 0 unspecified atom stereocenters. The van der Waals surface area contributed by atoms with Crippen molar-refractivity contribution in [2.45, 2.75) is 119 Å². The van der Waals surface area contributed by atoms with E-state index < -0.39 is 11.4 Å². The third-order valence-electron chi connectivity index (χ3n) is 11.8.